The van der Waals surface area contributed by atoms with Gasteiger partial charge in [0.15, 0.2) is 0 Å². The van der Waals surface area contributed by atoms with Crippen LogP contribution in [0.4, 0.5) is 0 Å². The van der Waals surface area contributed by atoms with Crippen molar-refractivity contribution in [2.45, 2.75) is 25.7 Å². The smallest absolute Gasteiger partial charge is 0.237 e. The molecule has 0 aromatic carbocycles. The summed E-state index contributed by atoms with van der Waals surface area (Å²) in [5, 5.41) is 8.99. The summed E-state index contributed by atoms with van der Waals surface area (Å²) in [6.45, 7) is 0.0953. The molecule has 1 aliphatic carbocycles. The minimum atomic E-state index is -0.131. The summed E-state index contributed by atoms with van der Waals surface area (Å²) in [4.78, 5) is 11.2. The summed E-state index contributed by atoms with van der Waals surface area (Å²) < 4.78 is 0. The van der Waals surface area contributed by atoms with E-state index in [1.165, 1.54) is 0 Å². The van der Waals surface area contributed by atoms with E-state index in [0.717, 1.165) is 25.7 Å². The summed E-state index contributed by atoms with van der Waals surface area (Å²) in [5.41, 5.74) is 2.15. The van der Waals surface area contributed by atoms with Gasteiger partial charge in [0.25, 0.3) is 0 Å². The maximum Gasteiger partial charge on any atom is 0.237 e. The average Bonchev–Trinajstić information content (AvgIpc) is 2.16. The molecule has 4 nitrogen and oxygen atoms in total. The molecule has 1 aliphatic rings. The van der Waals surface area contributed by atoms with Gasteiger partial charge in [0, 0.05) is 12.5 Å². The Bertz CT molecular complexity index is 161. The molecule has 1 saturated carbocycles. The number of aliphatic hydroxyl groups excluding tert-OH is 1. The SMILES string of the molecule is NNC(=O)[C@H]1CCCC[C@@H]1CO. The lowest BCUT2D eigenvalue weighted by Gasteiger charge is -2.28. The van der Waals surface area contributed by atoms with Crippen molar-refractivity contribution in [2.75, 3.05) is 6.61 Å². The zero-order valence-corrected chi connectivity index (χ0v) is 7.12. The number of hydrogen-bond donors (Lipinski definition) is 3. The summed E-state index contributed by atoms with van der Waals surface area (Å²) in [5.74, 6) is 4.95. The van der Waals surface area contributed by atoms with E-state index in [2.05, 4.69) is 5.43 Å². The number of carbonyl (C=O) groups is 1. The first-order valence-electron chi connectivity index (χ1n) is 4.41. The Morgan fingerprint density at radius 2 is 2.17 bits per heavy atom. The molecule has 0 unspecified atom stereocenters. The lowest BCUT2D eigenvalue weighted by molar-refractivity contribution is -0.128. The predicted molar refractivity (Wildman–Crippen MR) is 44.9 cm³/mol. The number of hydrogen-bond acceptors (Lipinski definition) is 3. The number of aliphatic hydroxyl groups is 1. The predicted octanol–water partition coefficient (Wildman–Crippen LogP) is -0.225. The van der Waals surface area contributed by atoms with E-state index in [9.17, 15) is 4.79 Å². The van der Waals surface area contributed by atoms with Gasteiger partial charge in [-0.3, -0.25) is 10.2 Å². The molecule has 0 bridgehead atoms. The molecular formula is C8H16N2O2. The molecule has 0 heterocycles. The summed E-state index contributed by atoms with van der Waals surface area (Å²) in [6, 6.07) is 0. The third-order valence-electron chi connectivity index (χ3n) is 2.62. The minimum Gasteiger partial charge on any atom is -0.396 e. The quantitative estimate of drug-likeness (QED) is 0.306. The highest BCUT2D eigenvalue weighted by Crippen LogP contribution is 2.29. The van der Waals surface area contributed by atoms with E-state index in [4.69, 9.17) is 10.9 Å². The van der Waals surface area contributed by atoms with Crippen LogP contribution < -0.4 is 11.3 Å². The highest BCUT2D eigenvalue weighted by atomic mass is 16.3. The van der Waals surface area contributed by atoms with Gasteiger partial charge in [-0.05, 0) is 18.8 Å². The summed E-state index contributed by atoms with van der Waals surface area (Å²) in [7, 11) is 0. The van der Waals surface area contributed by atoms with E-state index in [0.29, 0.717) is 0 Å². The standard InChI is InChI=1S/C8H16N2O2/c9-10-8(12)7-4-2-1-3-6(7)5-11/h6-7,11H,1-5,9H2,(H,10,12)/t6-,7+/m1/s1. The van der Waals surface area contributed by atoms with Crippen LogP contribution in [0.15, 0.2) is 0 Å². The van der Waals surface area contributed by atoms with Crippen LogP contribution >= 0.6 is 0 Å². The maximum atomic E-state index is 11.2. The number of nitrogens with two attached hydrogens (primary N) is 1. The molecule has 70 valence electrons. The van der Waals surface area contributed by atoms with E-state index in [1.54, 1.807) is 0 Å². The zero-order valence-electron chi connectivity index (χ0n) is 7.12. The third-order valence-corrected chi connectivity index (χ3v) is 2.62. The Kier molecular flexibility index (Phi) is 3.49. The van der Waals surface area contributed by atoms with Crippen molar-refractivity contribution in [1.82, 2.24) is 5.43 Å². The molecule has 0 saturated heterocycles. The molecule has 4 heteroatoms. The van der Waals surface area contributed by atoms with Gasteiger partial charge < -0.3 is 5.11 Å². The number of nitrogens with one attached hydrogen (secondary N) is 1. The Balaban J connectivity index is 2.52. The monoisotopic (exact) mass is 172 g/mol. The van der Waals surface area contributed by atoms with Gasteiger partial charge in [-0.15, -0.1) is 0 Å². The van der Waals surface area contributed by atoms with Gasteiger partial charge in [-0.1, -0.05) is 12.8 Å². The van der Waals surface area contributed by atoms with Crippen LogP contribution in [-0.2, 0) is 4.79 Å². The lowest BCUT2D eigenvalue weighted by atomic mass is 9.79. The Hall–Kier alpha value is -0.610. The van der Waals surface area contributed by atoms with Crippen LogP contribution in [0.2, 0.25) is 0 Å². The van der Waals surface area contributed by atoms with Gasteiger partial charge >= 0.3 is 0 Å². The number of carbonyl (C=O) groups excluding carboxylic acids is 1. The zero-order chi connectivity index (χ0) is 8.97. The van der Waals surface area contributed by atoms with Crippen molar-refractivity contribution in [3.8, 4) is 0 Å². The molecule has 0 spiro atoms. The fraction of sp³-hybridized carbons (Fsp3) is 0.875. The number of hydrazine groups is 1. The second kappa shape index (κ2) is 4.42. The Labute approximate surface area is 72.1 Å². The van der Waals surface area contributed by atoms with Gasteiger partial charge in [-0.2, -0.15) is 0 Å². The van der Waals surface area contributed by atoms with Crippen LogP contribution in [0.1, 0.15) is 25.7 Å². The topological polar surface area (TPSA) is 75.3 Å². The highest BCUT2D eigenvalue weighted by Gasteiger charge is 2.29. The molecular weight excluding hydrogens is 156 g/mol. The van der Waals surface area contributed by atoms with Crippen molar-refractivity contribution in [2.24, 2.45) is 17.7 Å². The molecule has 0 aromatic heterocycles. The lowest BCUT2D eigenvalue weighted by Crippen LogP contribution is -2.41. The largest absolute Gasteiger partial charge is 0.396 e. The van der Waals surface area contributed by atoms with Crippen molar-refractivity contribution >= 4 is 5.91 Å². The van der Waals surface area contributed by atoms with E-state index >= 15 is 0 Å². The van der Waals surface area contributed by atoms with E-state index in [1.807, 2.05) is 0 Å². The maximum absolute atomic E-state index is 11.2. The van der Waals surface area contributed by atoms with E-state index in [-0.39, 0.29) is 24.3 Å². The van der Waals surface area contributed by atoms with Crippen molar-refractivity contribution in [1.29, 1.82) is 0 Å². The second-order valence-electron chi connectivity index (χ2n) is 3.34. The number of rotatable bonds is 2. The fourth-order valence-electron chi connectivity index (χ4n) is 1.88. The fourth-order valence-corrected chi connectivity index (χ4v) is 1.88. The first kappa shape index (κ1) is 9.48. The minimum absolute atomic E-state index is 0.0752. The summed E-state index contributed by atoms with van der Waals surface area (Å²) >= 11 is 0. The van der Waals surface area contributed by atoms with E-state index < -0.39 is 0 Å². The molecule has 0 radical (unpaired) electrons. The molecule has 0 aromatic rings. The molecule has 1 amide bonds. The van der Waals surface area contributed by atoms with Crippen LogP contribution in [0.5, 0.6) is 0 Å². The van der Waals surface area contributed by atoms with Gasteiger partial charge in [0.05, 0.1) is 0 Å². The summed E-state index contributed by atoms with van der Waals surface area (Å²) in [6.07, 6.45) is 3.97. The molecule has 1 rings (SSSR count). The van der Waals surface area contributed by atoms with Gasteiger partial charge in [0.2, 0.25) is 5.91 Å². The van der Waals surface area contributed by atoms with Crippen LogP contribution in [0.25, 0.3) is 0 Å². The molecule has 2 atom stereocenters. The van der Waals surface area contributed by atoms with Crippen molar-refractivity contribution < 1.29 is 9.90 Å². The van der Waals surface area contributed by atoms with Crippen LogP contribution in [0.3, 0.4) is 0 Å². The average molecular weight is 172 g/mol. The van der Waals surface area contributed by atoms with Crippen LogP contribution in [-0.4, -0.2) is 17.6 Å². The number of amides is 1. The molecule has 0 aliphatic heterocycles. The van der Waals surface area contributed by atoms with Gasteiger partial charge in [0.1, 0.15) is 0 Å². The van der Waals surface area contributed by atoms with Crippen LogP contribution in [0, 0.1) is 11.8 Å². The van der Waals surface area contributed by atoms with Crippen molar-refractivity contribution in [3.05, 3.63) is 0 Å². The highest BCUT2D eigenvalue weighted by molar-refractivity contribution is 5.78. The first-order chi connectivity index (χ1) is 5.79. The molecule has 12 heavy (non-hydrogen) atoms. The third kappa shape index (κ3) is 1.95. The van der Waals surface area contributed by atoms with Gasteiger partial charge in [-0.25, -0.2) is 5.84 Å². The molecule has 1 fully saturated rings. The Morgan fingerprint density at radius 1 is 1.50 bits per heavy atom. The second-order valence-corrected chi connectivity index (χ2v) is 3.34. The first-order valence-corrected chi connectivity index (χ1v) is 4.41. The normalized spacial score (nSPS) is 29.8. The van der Waals surface area contributed by atoms with Crippen molar-refractivity contribution in [3.63, 3.8) is 0 Å². The molecule has 4 N–H and O–H groups in total. The Morgan fingerprint density at radius 3 is 2.75 bits per heavy atom.